The number of nitrogens with zero attached hydrogens (tertiary/aromatic N) is 3. The van der Waals surface area contributed by atoms with Crippen molar-refractivity contribution in [2.75, 3.05) is 19.0 Å². The summed E-state index contributed by atoms with van der Waals surface area (Å²) in [5.41, 5.74) is 1.87. The minimum absolute atomic E-state index is 0.00449. The number of hydrogen-bond donors (Lipinski definition) is 0. The van der Waals surface area contributed by atoms with Gasteiger partial charge in [-0.3, -0.25) is 0 Å². The molecule has 2 aliphatic heterocycles. The predicted molar refractivity (Wildman–Crippen MR) is 117 cm³/mol. The van der Waals surface area contributed by atoms with Crippen LogP contribution < -0.4 is 9.64 Å². The average molecular weight is 478 g/mol. The SMILES string of the molecule is CN1C(=O)C(=Cc2ccc(N3c4ccccc4Oc4ccccc43)[se]2)C(=O)N(C)C1=O. The van der Waals surface area contributed by atoms with Crippen LogP contribution >= 0.6 is 0 Å². The monoisotopic (exact) mass is 479 g/mol. The minimum atomic E-state index is -0.626. The molecule has 2 aliphatic rings. The Hall–Kier alpha value is -3.61. The summed E-state index contributed by atoms with van der Waals surface area (Å²) in [7, 11) is 2.75. The number of carbonyl (C=O) groups is 3. The van der Waals surface area contributed by atoms with Crippen molar-refractivity contribution < 1.29 is 19.1 Å². The maximum absolute atomic E-state index is 12.5. The van der Waals surface area contributed by atoms with Gasteiger partial charge in [-0.2, -0.15) is 0 Å². The van der Waals surface area contributed by atoms with Crippen molar-refractivity contribution in [3.8, 4) is 11.5 Å². The molecule has 0 N–H and O–H groups in total. The molecule has 0 aliphatic carbocycles. The summed E-state index contributed by atoms with van der Waals surface area (Å²) in [5.74, 6) is 0.369. The fraction of sp³-hybridized carbons (Fsp3) is 0.0870. The molecule has 0 bridgehead atoms. The van der Waals surface area contributed by atoms with Gasteiger partial charge in [0.2, 0.25) is 0 Å². The number of rotatable bonds is 2. The number of urea groups is 1. The summed E-state index contributed by atoms with van der Waals surface area (Å²) < 4.78 is 7.98. The number of anilines is 3. The van der Waals surface area contributed by atoms with Crippen molar-refractivity contribution in [3.63, 3.8) is 0 Å². The van der Waals surface area contributed by atoms with Gasteiger partial charge in [0.05, 0.1) is 0 Å². The van der Waals surface area contributed by atoms with Crippen molar-refractivity contribution in [2.24, 2.45) is 0 Å². The normalized spacial score (nSPS) is 15.6. The van der Waals surface area contributed by atoms with Crippen molar-refractivity contribution in [2.45, 2.75) is 0 Å². The van der Waals surface area contributed by atoms with Crippen LogP contribution in [0.25, 0.3) is 6.08 Å². The molecule has 0 radical (unpaired) electrons. The Morgan fingerprint density at radius 3 is 1.90 bits per heavy atom. The molecular weight excluding hydrogens is 461 g/mol. The summed E-state index contributed by atoms with van der Waals surface area (Å²) in [5, 5.41) is 0. The number of barbiturate groups is 1. The van der Waals surface area contributed by atoms with E-state index in [0.717, 1.165) is 41.7 Å². The van der Waals surface area contributed by atoms with Gasteiger partial charge in [-0.25, -0.2) is 0 Å². The number of ether oxygens (including phenoxy) is 1. The van der Waals surface area contributed by atoms with Crippen LogP contribution in [0.2, 0.25) is 0 Å². The second kappa shape index (κ2) is 7.27. The van der Waals surface area contributed by atoms with E-state index in [1.54, 1.807) is 6.08 Å². The topological polar surface area (TPSA) is 70.2 Å². The number of carbonyl (C=O) groups excluding carboxylic acids is 3. The third-order valence-corrected chi connectivity index (χ3v) is 7.33. The van der Waals surface area contributed by atoms with E-state index in [4.69, 9.17) is 4.74 Å². The predicted octanol–water partition coefficient (Wildman–Crippen LogP) is 3.75. The molecule has 3 heterocycles. The van der Waals surface area contributed by atoms with Crippen LogP contribution in [-0.4, -0.2) is 56.2 Å². The van der Waals surface area contributed by atoms with E-state index < -0.39 is 17.8 Å². The summed E-state index contributed by atoms with van der Waals surface area (Å²) in [6.07, 6.45) is 1.60. The molecule has 2 aromatic carbocycles. The van der Waals surface area contributed by atoms with Crippen LogP contribution in [0.4, 0.5) is 20.7 Å². The van der Waals surface area contributed by atoms with Crippen LogP contribution in [0.5, 0.6) is 11.5 Å². The van der Waals surface area contributed by atoms with Gasteiger partial charge in [0, 0.05) is 0 Å². The van der Waals surface area contributed by atoms with Gasteiger partial charge < -0.3 is 0 Å². The van der Waals surface area contributed by atoms with E-state index in [1.807, 2.05) is 60.7 Å². The number of likely N-dealkylation sites (N-methyl/N-ethyl adjacent to an activating group) is 2. The zero-order chi connectivity index (χ0) is 21.7. The molecule has 3 aromatic rings. The molecular formula is C23H17N3O4Se. The Bertz CT molecular complexity index is 1210. The number of amides is 4. The Labute approximate surface area is 184 Å². The first-order valence-corrected chi connectivity index (χ1v) is 11.2. The van der Waals surface area contributed by atoms with Gasteiger partial charge in [-0.1, -0.05) is 0 Å². The molecule has 1 fully saturated rings. The van der Waals surface area contributed by atoms with Gasteiger partial charge in [-0.05, 0) is 0 Å². The first-order chi connectivity index (χ1) is 15.0. The van der Waals surface area contributed by atoms with Crippen molar-refractivity contribution in [3.05, 3.63) is 70.7 Å². The second-order valence-electron chi connectivity index (χ2n) is 7.12. The number of hydrogen-bond acceptors (Lipinski definition) is 5. The number of imide groups is 2. The van der Waals surface area contributed by atoms with Crippen LogP contribution in [0.3, 0.4) is 0 Å². The number of para-hydroxylation sites is 4. The van der Waals surface area contributed by atoms with Gasteiger partial charge in [0.25, 0.3) is 0 Å². The third kappa shape index (κ3) is 3.08. The van der Waals surface area contributed by atoms with E-state index in [-0.39, 0.29) is 20.1 Å². The quantitative estimate of drug-likeness (QED) is 0.249. The Balaban J connectivity index is 1.57. The molecule has 1 aromatic heterocycles. The number of benzene rings is 2. The molecule has 7 nitrogen and oxygen atoms in total. The van der Waals surface area contributed by atoms with Crippen LogP contribution in [0.15, 0.2) is 66.2 Å². The molecule has 1 saturated heterocycles. The van der Waals surface area contributed by atoms with E-state index in [0.29, 0.717) is 0 Å². The molecule has 154 valence electrons. The van der Waals surface area contributed by atoms with Crippen LogP contribution in [0, 0.1) is 0 Å². The van der Waals surface area contributed by atoms with Gasteiger partial charge in [0.15, 0.2) is 0 Å². The standard InChI is InChI=1S/C23H17N3O4Se/c1-24-21(27)15(22(28)25(2)23(24)29)13-14-11-12-20(31-14)26-16-7-3-5-9-18(16)30-19-10-6-4-8-17(19)26/h3-13H,1-2H3. The molecule has 0 unspecified atom stereocenters. The van der Waals surface area contributed by atoms with Crippen molar-refractivity contribution in [1.29, 1.82) is 0 Å². The van der Waals surface area contributed by atoms with Crippen molar-refractivity contribution in [1.82, 2.24) is 9.80 Å². The van der Waals surface area contributed by atoms with Gasteiger partial charge in [0.1, 0.15) is 0 Å². The first-order valence-electron chi connectivity index (χ1n) is 9.53. The molecule has 0 spiro atoms. The summed E-state index contributed by atoms with van der Waals surface area (Å²) in [6, 6.07) is 18.9. The van der Waals surface area contributed by atoms with E-state index in [9.17, 15) is 14.4 Å². The second-order valence-corrected chi connectivity index (χ2v) is 9.41. The van der Waals surface area contributed by atoms with E-state index in [2.05, 4.69) is 4.90 Å². The molecule has 8 heteroatoms. The molecule has 0 atom stereocenters. The Morgan fingerprint density at radius 2 is 1.32 bits per heavy atom. The summed E-state index contributed by atoms with van der Waals surface area (Å²) >= 11 is -0.163. The van der Waals surface area contributed by atoms with Crippen molar-refractivity contribution >= 4 is 54.4 Å². The van der Waals surface area contributed by atoms with Gasteiger partial charge in [-0.15, -0.1) is 0 Å². The Morgan fingerprint density at radius 1 is 0.774 bits per heavy atom. The number of fused-ring (bicyclic) bond motifs is 2. The molecule has 4 amide bonds. The third-order valence-electron chi connectivity index (χ3n) is 5.20. The maximum atomic E-state index is 12.5. The summed E-state index contributed by atoms with van der Waals surface area (Å²) in [6.45, 7) is 0. The first kappa shape index (κ1) is 19.4. The van der Waals surface area contributed by atoms with Crippen LogP contribution in [0.1, 0.15) is 4.44 Å². The van der Waals surface area contributed by atoms with E-state index >= 15 is 0 Å². The van der Waals surface area contributed by atoms with Crippen LogP contribution in [-0.2, 0) is 9.59 Å². The Kier molecular flexibility index (Phi) is 4.54. The fourth-order valence-corrected chi connectivity index (χ4v) is 5.65. The molecule has 0 saturated carbocycles. The summed E-state index contributed by atoms with van der Waals surface area (Å²) in [4.78, 5) is 41.1. The average Bonchev–Trinajstić information content (AvgIpc) is 3.25. The van der Waals surface area contributed by atoms with E-state index in [1.165, 1.54) is 14.1 Å². The van der Waals surface area contributed by atoms with Gasteiger partial charge >= 0.3 is 184 Å². The fourth-order valence-electron chi connectivity index (χ4n) is 3.60. The molecule has 5 rings (SSSR count). The zero-order valence-electron chi connectivity index (χ0n) is 16.7. The molecule has 31 heavy (non-hydrogen) atoms. The zero-order valence-corrected chi connectivity index (χ0v) is 18.4.